The fraction of sp³-hybridized carbons (Fsp3) is 0.115. The van der Waals surface area contributed by atoms with Crippen molar-refractivity contribution in [1.82, 2.24) is 14.9 Å². The summed E-state index contributed by atoms with van der Waals surface area (Å²) in [6.07, 6.45) is 5.76. The molecule has 2 N–H and O–H groups in total. The SMILES string of the molecule is O=C1C(=O)N(CCc2c[nH]c3ccccc23)[C@H](c2cccnc2)C1=C(O)c1ccc(Br)cc1. The smallest absolute Gasteiger partial charge is 0.295 e. The molecule has 0 bridgehead atoms. The molecule has 0 radical (unpaired) electrons. The number of amides is 1. The number of carbonyl (C=O) groups excluding carboxylic acids is 2. The van der Waals surface area contributed by atoms with Crippen molar-refractivity contribution in [3.05, 3.63) is 106 Å². The van der Waals surface area contributed by atoms with E-state index in [1.165, 1.54) is 4.90 Å². The van der Waals surface area contributed by atoms with Crippen LogP contribution in [0.2, 0.25) is 0 Å². The summed E-state index contributed by atoms with van der Waals surface area (Å²) < 4.78 is 0.849. The number of Topliss-reactive ketones (excluding diaryl/α,β-unsaturated/α-hetero) is 1. The average molecular weight is 502 g/mol. The van der Waals surface area contributed by atoms with Crippen molar-refractivity contribution in [2.75, 3.05) is 6.54 Å². The molecule has 3 heterocycles. The highest BCUT2D eigenvalue weighted by Gasteiger charge is 2.46. The third-order valence-corrected chi connectivity index (χ3v) is 6.48. The minimum Gasteiger partial charge on any atom is -0.507 e. The molecule has 1 saturated heterocycles. The van der Waals surface area contributed by atoms with Crippen molar-refractivity contribution in [2.45, 2.75) is 12.5 Å². The number of pyridine rings is 1. The summed E-state index contributed by atoms with van der Waals surface area (Å²) in [6.45, 7) is 0.323. The molecule has 1 aliphatic rings. The number of hydrogen-bond acceptors (Lipinski definition) is 4. The Morgan fingerprint density at radius 3 is 2.61 bits per heavy atom. The van der Waals surface area contributed by atoms with Crippen LogP contribution in [0.25, 0.3) is 16.7 Å². The molecule has 1 fully saturated rings. The van der Waals surface area contributed by atoms with Gasteiger partial charge in [-0.15, -0.1) is 0 Å². The Balaban J connectivity index is 1.55. The average Bonchev–Trinajstić information content (AvgIpc) is 3.37. The summed E-state index contributed by atoms with van der Waals surface area (Å²) >= 11 is 3.38. The van der Waals surface area contributed by atoms with Gasteiger partial charge >= 0.3 is 0 Å². The van der Waals surface area contributed by atoms with Gasteiger partial charge in [-0.05, 0) is 41.8 Å². The maximum atomic E-state index is 13.1. The van der Waals surface area contributed by atoms with Crippen molar-refractivity contribution in [3.8, 4) is 0 Å². The topological polar surface area (TPSA) is 86.3 Å². The Morgan fingerprint density at radius 1 is 1.06 bits per heavy atom. The van der Waals surface area contributed by atoms with Crippen LogP contribution in [0.3, 0.4) is 0 Å². The quantitative estimate of drug-likeness (QED) is 0.229. The lowest BCUT2D eigenvalue weighted by Gasteiger charge is -2.25. The highest BCUT2D eigenvalue weighted by molar-refractivity contribution is 9.10. The second kappa shape index (κ2) is 8.67. The van der Waals surface area contributed by atoms with Crippen LogP contribution in [0.1, 0.15) is 22.7 Å². The van der Waals surface area contributed by atoms with E-state index in [-0.39, 0.29) is 11.3 Å². The molecule has 0 aliphatic carbocycles. The Hall–Kier alpha value is -3.71. The van der Waals surface area contributed by atoms with E-state index in [0.29, 0.717) is 24.1 Å². The minimum atomic E-state index is -0.715. The van der Waals surface area contributed by atoms with Crippen LogP contribution < -0.4 is 0 Å². The fourth-order valence-corrected chi connectivity index (χ4v) is 4.60. The highest BCUT2D eigenvalue weighted by atomic mass is 79.9. The molecule has 33 heavy (non-hydrogen) atoms. The number of ketones is 1. The number of aromatic nitrogens is 2. The molecule has 0 unspecified atom stereocenters. The van der Waals surface area contributed by atoms with Crippen molar-refractivity contribution in [1.29, 1.82) is 0 Å². The van der Waals surface area contributed by atoms with E-state index in [1.807, 2.05) is 36.5 Å². The summed E-state index contributed by atoms with van der Waals surface area (Å²) in [5.74, 6) is -1.50. The number of benzene rings is 2. The minimum absolute atomic E-state index is 0.0780. The number of H-pyrrole nitrogens is 1. The summed E-state index contributed by atoms with van der Waals surface area (Å²) in [5, 5.41) is 12.2. The fourth-order valence-electron chi connectivity index (χ4n) is 4.34. The van der Waals surface area contributed by atoms with Crippen LogP contribution in [0, 0.1) is 0 Å². The number of hydrogen-bond donors (Lipinski definition) is 2. The molecule has 1 amide bonds. The molecule has 0 saturated carbocycles. The predicted molar refractivity (Wildman–Crippen MR) is 129 cm³/mol. The first-order valence-electron chi connectivity index (χ1n) is 10.5. The number of carbonyl (C=O) groups is 2. The molecule has 2 aromatic heterocycles. The first-order chi connectivity index (χ1) is 16.0. The van der Waals surface area contributed by atoms with E-state index in [4.69, 9.17) is 0 Å². The lowest BCUT2D eigenvalue weighted by atomic mass is 9.96. The largest absolute Gasteiger partial charge is 0.507 e. The van der Waals surface area contributed by atoms with Gasteiger partial charge in [-0.1, -0.05) is 52.3 Å². The zero-order valence-electron chi connectivity index (χ0n) is 17.5. The number of aliphatic hydroxyl groups excluding tert-OH is 1. The van der Waals surface area contributed by atoms with E-state index in [1.54, 1.807) is 42.7 Å². The normalized spacial score (nSPS) is 17.7. The van der Waals surface area contributed by atoms with E-state index < -0.39 is 17.7 Å². The number of aliphatic hydroxyl groups is 1. The highest BCUT2D eigenvalue weighted by Crippen LogP contribution is 2.39. The molecule has 1 atom stereocenters. The molecule has 164 valence electrons. The third-order valence-electron chi connectivity index (χ3n) is 5.95. The van der Waals surface area contributed by atoms with Crippen LogP contribution in [0.5, 0.6) is 0 Å². The molecule has 4 aromatic rings. The second-order valence-corrected chi connectivity index (χ2v) is 8.81. The summed E-state index contributed by atoms with van der Waals surface area (Å²) in [4.78, 5) is 35.2. The lowest BCUT2D eigenvalue weighted by molar-refractivity contribution is -0.139. The van der Waals surface area contributed by atoms with Gasteiger partial charge in [-0.25, -0.2) is 0 Å². The van der Waals surface area contributed by atoms with E-state index in [0.717, 1.165) is 20.9 Å². The molecular weight excluding hydrogens is 482 g/mol. The Bertz CT molecular complexity index is 1380. The number of para-hydroxylation sites is 1. The zero-order valence-corrected chi connectivity index (χ0v) is 19.1. The first-order valence-corrected chi connectivity index (χ1v) is 11.3. The Morgan fingerprint density at radius 2 is 1.85 bits per heavy atom. The molecular formula is C26H20BrN3O3. The van der Waals surface area contributed by atoms with Gasteiger partial charge in [-0.3, -0.25) is 14.6 Å². The van der Waals surface area contributed by atoms with Gasteiger partial charge in [0.05, 0.1) is 11.6 Å². The number of nitrogens with one attached hydrogen (secondary N) is 1. The second-order valence-electron chi connectivity index (χ2n) is 7.90. The number of rotatable bonds is 5. The van der Waals surface area contributed by atoms with Crippen molar-refractivity contribution < 1.29 is 14.7 Å². The number of likely N-dealkylation sites (tertiary alicyclic amines) is 1. The summed E-state index contributed by atoms with van der Waals surface area (Å²) in [7, 11) is 0. The monoisotopic (exact) mass is 501 g/mol. The van der Waals surface area contributed by atoms with Crippen LogP contribution >= 0.6 is 15.9 Å². The van der Waals surface area contributed by atoms with Gasteiger partial charge in [0.25, 0.3) is 11.7 Å². The number of halogens is 1. The van der Waals surface area contributed by atoms with Crippen molar-refractivity contribution in [2.24, 2.45) is 0 Å². The molecule has 5 rings (SSSR count). The maximum absolute atomic E-state index is 13.1. The van der Waals surface area contributed by atoms with Gasteiger partial charge in [0.2, 0.25) is 0 Å². The molecule has 6 nitrogen and oxygen atoms in total. The zero-order chi connectivity index (χ0) is 22.9. The standard InChI is InChI=1S/C26H20BrN3O3/c27-19-9-7-16(8-10-19)24(31)22-23(18-4-3-12-28-14-18)30(26(33)25(22)32)13-11-17-15-29-21-6-2-1-5-20(17)21/h1-10,12,14-15,23,29,31H,11,13H2/t23-/m1/s1. The van der Waals surface area contributed by atoms with Crippen molar-refractivity contribution in [3.63, 3.8) is 0 Å². The number of nitrogens with zero attached hydrogens (tertiary/aromatic N) is 2. The third kappa shape index (κ3) is 3.85. The van der Waals surface area contributed by atoms with Gasteiger partial charge in [-0.2, -0.15) is 0 Å². The van der Waals surface area contributed by atoms with E-state index in [2.05, 4.69) is 25.9 Å². The van der Waals surface area contributed by atoms with Crippen LogP contribution in [0.15, 0.2) is 89.3 Å². The first kappa shape index (κ1) is 21.2. The van der Waals surface area contributed by atoms with E-state index >= 15 is 0 Å². The van der Waals surface area contributed by atoms with Crippen LogP contribution in [-0.2, 0) is 16.0 Å². The predicted octanol–water partition coefficient (Wildman–Crippen LogP) is 4.99. The van der Waals surface area contributed by atoms with Gasteiger partial charge in [0, 0.05) is 46.1 Å². The van der Waals surface area contributed by atoms with Crippen molar-refractivity contribution >= 4 is 44.3 Å². The molecule has 7 heteroatoms. The van der Waals surface area contributed by atoms with E-state index in [9.17, 15) is 14.7 Å². The Labute approximate surface area is 198 Å². The Kier molecular flexibility index (Phi) is 5.56. The number of aromatic amines is 1. The molecule has 1 aliphatic heterocycles. The van der Waals surface area contributed by atoms with Crippen LogP contribution in [0.4, 0.5) is 0 Å². The number of fused-ring (bicyclic) bond motifs is 1. The van der Waals surface area contributed by atoms with Gasteiger partial charge in [0.15, 0.2) is 0 Å². The van der Waals surface area contributed by atoms with Crippen LogP contribution in [-0.4, -0.2) is 38.2 Å². The maximum Gasteiger partial charge on any atom is 0.295 e. The summed E-state index contributed by atoms with van der Waals surface area (Å²) in [6, 6.07) is 17.8. The molecule has 2 aromatic carbocycles. The molecule has 0 spiro atoms. The lowest BCUT2D eigenvalue weighted by Crippen LogP contribution is -2.31. The van der Waals surface area contributed by atoms with Gasteiger partial charge < -0.3 is 15.0 Å². The summed E-state index contributed by atoms with van der Waals surface area (Å²) in [5.41, 5.74) is 3.31. The van der Waals surface area contributed by atoms with Gasteiger partial charge in [0.1, 0.15) is 5.76 Å².